The number of aromatic nitrogens is 4. The molecule has 0 radical (unpaired) electrons. The van der Waals surface area contributed by atoms with Gasteiger partial charge < -0.3 is 19.9 Å². The zero-order chi connectivity index (χ0) is 46.8. The van der Waals surface area contributed by atoms with E-state index in [4.69, 9.17) is 4.74 Å². The van der Waals surface area contributed by atoms with Crippen LogP contribution in [0.3, 0.4) is 0 Å². The van der Waals surface area contributed by atoms with Gasteiger partial charge in [-0.05, 0) is 99.1 Å². The monoisotopic (exact) mass is 936 g/mol. The van der Waals surface area contributed by atoms with Gasteiger partial charge in [-0.2, -0.15) is 18.0 Å². The molecule has 0 bridgehead atoms. The Balaban J connectivity index is 0.780. The molecule has 4 aliphatic rings. The van der Waals surface area contributed by atoms with Gasteiger partial charge >= 0.3 is 10.2 Å². The Hall–Kier alpha value is -7.09. The molecule has 0 aliphatic carbocycles. The van der Waals surface area contributed by atoms with Crippen LogP contribution in [0.15, 0.2) is 72.0 Å². The van der Waals surface area contributed by atoms with Crippen molar-refractivity contribution in [3.05, 3.63) is 100 Å². The summed E-state index contributed by atoms with van der Waals surface area (Å²) in [5, 5.41) is 15.4. The predicted octanol–water partition coefficient (Wildman–Crippen LogP) is 3.62. The van der Waals surface area contributed by atoms with Crippen molar-refractivity contribution in [2.24, 2.45) is 0 Å². The number of carbonyl (C=O) groups excluding carboxylic acids is 3. The van der Waals surface area contributed by atoms with Gasteiger partial charge in [-0.1, -0.05) is 6.07 Å². The average Bonchev–Trinajstić information content (AvgIpc) is 3.89. The highest BCUT2D eigenvalue weighted by molar-refractivity contribution is 7.90. The molecule has 3 amide bonds. The number of fused-ring (bicyclic) bond motifs is 1. The van der Waals surface area contributed by atoms with Crippen molar-refractivity contribution in [3.63, 3.8) is 0 Å². The summed E-state index contributed by atoms with van der Waals surface area (Å²) in [7, 11) is -3.99. The van der Waals surface area contributed by atoms with E-state index in [2.05, 4.69) is 35.2 Å². The second-order valence-electron chi connectivity index (χ2n) is 16.9. The number of likely N-dealkylation sites (tertiary alicyclic amines) is 1. The lowest BCUT2D eigenvalue weighted by molar-refractivity contribution is -0.134. The lowest BCUT2D eigenvalue weighted by Crippen LogP contribution is -2.52. The van der Waals surface area contributed by atoms with E-state index in [1.807, 2.05) is 15.9 Å². The summed E-state index contributed by atoms with van der Waals surface area (Å²) < 4.78 is 66.9. The van der Waals surface area contributed by atoms with Crippen molar-refractivity contribution in [3.8, 4) is 23.3 Å². The summed E-state index contributed by atoms with van der Waals surface area (Å²) in [6.07, 6.45) is 7.67. The second kappa shape index (κ2) is 19.0. The molecule has 6 heterocycles. The van der Waals surface area contributed by atoms with Gasteiger partial charge in [-0.3, -0.25) is 38.7 Å². The van der Waals surface area contributed by atoms with Gasteiger partial charge in [0.2, 0.25) is 23.7 Å². The Kier molecular flexibility index (Phi) is 12.8. The van der Waals surface area contributed by atoms with Gasteiger partial charge in [-0.25, -0.2) is 23.7 Å². The second-order valence-corrected chi connectivity index (χ2v) is 18.5. The SMILES string of the molecule is N#Cc1c(NS(=O)(=O)N2CCCC2)ccc(F)c1Oc1ccc2ncn(-c3cnc(N4CCN(C(=O)CN5CCC(c6ccc(N[C@H]7CCC(=O)NC7=O)cc6F)CC5)CC4)nc3)c(=O)c2c1. The lowest BCUT2D eigenvalue weighted by Gasteiger charge is -2.37. The zero-order valence-electron chi connectivity index (χ0n) is 36.2. The first-order valence-electron chi connectivity index (χ1n) is 22.0. The fraction of sp³-hybridized carbons (Fsp3) is 0.378. The van der Waals surface area contributed by atoms with Crippen molar-refractivity contribution < 1.29 is 36.3 Å². The maximum Gasteiger partial charge on any atom is 0.301 e. The maximum absolute atomic E-state index is 15.3. The molecule has 4 aliphatic heterocycles. The molecule has 3 N–H and O–H groups in total. The van der Waals surface area contributed by atoms with E-state index < -0.39 is 39.3 Å². The molecular weight excluding hydrogens is 891 g/mol. The number of rotatable bonds is 12. The Labute approximate surface area is 383 Å². The van der Waals surface area contributed by atoms with Crippen LogP contribution in [0.25, 0.3) is 16.6 Å². The quantitative estimate of drug-likeness (QED) is 0.152. The number of halogens is 2. The Morgan fingerprint density at radius 3 is 2.33 bits per heavy atom. The number of anilines is 3. The van der Waals surface area contributed by atoms with Gasteiger partial charge in [0.1, 0.15) is 35.6 Å². The summed E-state index contributed by atoms with van der Waals surface area (Å²) in [5.41, 5.74) is 0.701. The topological polar surface area (TPSA) is 228 Å². The number of nitrogens with one attached hydrogen (secondary N) is 3. The minimum absolute atomic E-state index is 0.00437. The van der Waals surface area contributed by atoms with Gasteiger partial charge in [-0.15, -0.1) is 0 Å². The normalized spacial score (nSPS) is 18.7. The standard InChI is InChI=1S/C45H46F2N12O7S/c46-35-6-8-38(54-67(64,65)58-13-1-2-14-58)34(23-48)42(35)66-31-4-7-37-33(22-31)44(63)59(27-51-37)30-24-49-45(50-25-30)57-19-17-56(18-20-57)41(61)26-55-15-11-28(12-16-55)32-5-3-29(21-36(32)47)52-39-9-10-40(60)53-43(39)62/h3-8,21-22,24-25,27-28,39,52,54H,1-2,9-20,26H2,(H,53,60,62)/t39-/m0/s1. The molecule has 9 rings (SSSR count). The van der Waals surface area contributed by atoms with E-state index in [9.17, 15) is 32.9 Å². The van der Waals surface area contributed by atoms with Crippen molar-refractivity contribution >= 4 is 56.2 Å². The summed E-state index contributed by atoms with van der Waals surface area (Å²) in [6.45, 7) is 4.09. The first-order chi connectivity index (χ1) is 32.3. The number of amides is 3. The molecule has 67 heavy (non-hydrogen) atoms. The zero-order valence-corrected chi connectivity index (χ0v) is 37.0. The lowest BCUT2D eigenvalue weighted by atomic mass is 9.89. The fourth-order valence-electron chi connectivity index (χ4n) is 8.88. The number of hydrogen-bond acceptors (Lipinski definition) is 14. The van der Waals surface area contributed by atoms with E-state index in [-0.39, 0.29) is 58.9 Å². The van der Waals surface area contributed by atoms with Crippen LogP contribution < -0.4 is 30.6 Å². The van der Waals surface area contributed by atoms with Crippen LogP contribution in [0.2, 0.25) is 0 Å². The van der Waals surface area contributed by atoms with E-state index in [1.165, 1.54) is 51.9 Å². The smallest absolute Gasteiger partial charge is 0.301 e. The number of nitriles is 1. The Morgan fingerprint density at radius 1 is 0.881 bits per heavy atom. The highest BCUT2D eigenvalue weighted by Crippen LogP contribution is 2.35. The minimum atomic E-state index is -3.99. The molecule has 19 nitrogen and oxygen atoms in total. The van der Waals surface area contributed by atoms with E-state index in [1.54, 1.807) is 12.1 Å². The molecule has 2 aromatic heterocycles. The molecular formula is C45H46F2N12O7S. The highest BCUT2D eigenvalue weighted by Gasteiger charge is 2.31. The van der Waals surface area contributed by atoms with Crippen LogP contribution >= 0.6 is 0 Å². The third-order valence-corrected chi connectivity index (χ3v) is 14.1. The van der Waals surface area contributed by atoms with Crippen molar-refractivity contribution in [2.45, 2.75) is 50.5 Å². The van der Waals surface area contributed by atoms with Crippen LogP contribution in [0.1, 0.15) is 55.6 Å². The van der Waals surface area contributed by atoms with Gasteiger partial charge in [0.15, 0.2) is 11.6 Å². The molecule has 3 aromatic carbocycles. The first-order valence-corrected chi connectivity index (χ1v) is 23.4. The molecule has 0 spiro atoms. The fourth-order valence-corrected chi connectivity index (χ4v) is 10.2. The predicted molar refractivity (Wildman–Crippen MR) is 241 cm³/mol. The molecule has 0 saturated carbocycles. The Bertz CT molecular complexity index is 2950. The molecule has 0 unspecified atom stereocenters. The number of imide groups is 1. The number of ether oxygens (including phenoxy) is 1. The molecule has 1 atom stereocenters. The van der Waals surface area contributed by atoms with Gasteiger partial charge in [0.25, 0.3) is 5.56 Å². The van der Waals surface area contributed by atoms with Gasteiger partial charge in [0, 0.05) is 51.4 Å². The molecule has 348 valence electrons. The largest absolute Gasteiger partial charge is 0.453 e. The van der Waals surface area contributed by atoms with Crippen molar-refractivity contribution in [1.82, 2.24) is 38.9 Å². The van der Waals surface area contributed by atoms with Crippen LogP contribution in [0.5, 0.6) is 11.5 Å². The Morgan fingerprint density at radius 2 is 1.63 bits per heavy atom. The summed E-state index contributed by atoms with van der Waals surface area (Å²) in [5.74, 6) is -2.09. The van der Waals surface area contributed by atoms with Crippen LogP contribution in [0.4, 0.5) is 26.1 Å². The molecule has 4 saturated heterocycles. The summed E-state index contributed by atoms with van der Waals surface area (Å²) in [4.78, 5) is 70.0. The van der Waals surface area contributed by atoms with E-state index in [0.29, 0.717) is 113 Å². The average molecular weight is 937 g/mol. The number of carbonyl (C=O) groups is 3. The number of nitrogens with zero attached hydrogens (tertiary/aromatic N) is 9. The van der Waals surface area contributed by atoms with E-state index >= 15 is 8.78 Å². The van der Waals surface area contributed by atoms with Crippen molar-refractivity contribution in [2.75, 3.05) is 73.8 Å². The highest BCUT2D eigenvalue weighted by atomic mass is 32.2. The number of piperidine rings is 2. The summed E-state index contributed by atoms with van der Waals surface area (Å²) >= 11 is 0. The minimum Gasteiger partial charge on any atom is -0.453 e. The van der Waals surface area contributed by atoms with Crippen LogP contribution in [-0.2, 0) is 24.6 Å². The molecule has 4 fully saturated rings. The first kappa shape index (κ1) is 45.1. The number of hydrogen-bond donors (Lipinski definition) is 3. The molecule has 22 heteroatoms. The third-order valence-electron chi connectivity index (χ3n) is 12.6. The van der Waals surface area contributed by atoms with E-state index in [0.717, 1.165) is 12.1 Å². The van der Waals surface area contributed by atoms with Gasteiger partial charge in [0.05, 0.1) is 41.2 Å². The summed E-state index contributed by atoms with van der Waals surface area (Å²) in [6, 6.07) is 12.6. The number of piperazine rings is 1. The van der Waals surface area contributed by atoms with Crippen molar-refractivity contribution in [1.29, 1.82) is 5.26 Å². The third kappa shape index (κ3) is 9.75. The maximum atomic E-state index is 15.3. The molecule has 5 aromatic rings. The van der Waals surface area contributed by atoms with Crippen LogP contribution in [-0.4, -0.2) is 125 Å². The number of benzene rings is 3. The van der Waals surface area contributed by atoms with Crippen LogP contribution in [0, 0.1) is 23.0 Å².